The van der Waals surface area contributed by atoms with Gasteiger partial charge in [0.25, 0.3) is 0 Å². The van der Waals surface area contributed by atoms with Crippen LogP contribution in [0.5, 0.6) is 0 Å². The van der Waals surface area contributed by atoms with E-state index in [4.69, 9.17) is 5.73 Å². The molecule has 0 atom stereocenters. The van der Waals surface area contributed by atoms with Crippen LogP contribution in [0.2, 0.25) is 0 Å². The maximum absolute atomic E-state index is 5.73. The van der Waals surface area contributed by atoms with E-state index in [1.807, 2.05) is 19.1 Å². The molecule has 1 aromatic heterocycles. The number of pyridine rings is 1. The van der Waals surface area contributed by atoms with E-state index in [0.29, 0.717) is 5.69 Å². The summed E-state index contributed by atoms with van der Waals surface area (Å²) in [6.45, 7) is 2.95. The number of rotatable bonds is 4. The van der Waals surface area contributed by atoms with Gasteiger partial charge in [-0.15, -0.1) is 0 Å². The molecule has 4 heteroatoms. The van der Waals surface area contributed by atoms with Crippen molar-refractivity contribution >= 4 is 27.4 Å². The number of aryl methyl sites for hydroxylation is 1. The molecule has 100 valence electrons. The Morgan fingerprint density at radius 2 is 2.05 bits per heavy atom. The number of nitrogens with two attached hydrogens (primary N) is 1. The molecule has 1 aromatic carbocycles. The van der Waals surface area contributed by atoms with E-state index in [-0.39, 0.29) is 0 Å². The van der Waals surface area contributed by atoms with Gasteiger partial charge in [0.05, 0.1) is 11.9 Å². The van der Waals surface area contributed by atoms with Crippen molar-refractivity contribution < 1.29 is 0 Å². The summed E-state index contributed by atoms with van der Waals surface area (Å²) >= 11 is 3.58. The summed E-state index contributed by atoms with van der Waals surface area (Å²) in [6, 6.07) is 10.3. The summed E-state index contributed by atoms with van der Waals surface area (Å²) < 4.78 is 1.16. The highest BCUT2D eigenvalue weighted by Crippen LogP contribution is 2.20. The van der Waals surface area contributed by atoms with Crippen molar-refractivity contribution in [3.8, 4) is 0 Å². The van der Waals surface area contributed by atoms with Crippen molar-refractivity contribution in [1.29, 1.82) is 0 Å². The van der Waals surface area contributed by atoms with Crippen LogP contribution in [0.15, 0.2) is 41.0 Å². The zero-order valence-electron chi connectivity index (χ0n) is 11.2. The molecular weight excluding hydrogens is 302 g/mol. The summed E-state index contributed by atoms with van der Waals surface area (Å²) in [5.74, 6) is 0.987. The third-order valence-electron chi connectivity index (χ3n) is 3.11. The maximum Gasteiger partial charge on any atom is 0.131 e. The van der Waals surface area contributed by atoms with Gasteiger partial charge in [-0.1, -0.05) is 34.1 Å². The van der Waals surface area contributed by atoms with Crippen molar-refractivity contribution in [1.82, 2.24) is 4.98 Å². The molecule has 0 aliphatic heterocycles. The molecule has 2 aromatic rings. The predicted octanol–water partition coefficient (Wildman–Crippen LogP) is 3.41. The smallest absolute Gasteiger partial charge is 0.131 e. The van der Waals surface area contributed by atoms with Gasteiger partial charge in [-0.05, 0) is 36.6 Å². The molecule has 0 radical (unpaired) electrons. The lowest BCUT2D eigenvalue weighted by Crippen LogP contribution is -2.22. The summed E-state index contributed by atoms with van der Waals surface area (Å²) in [7, 11) is 2.06. The molecule has 0 aliphatic carbocycles. The molecular formula is C15H18BrN3. The highest BCUT2D eigenvalue weighted by molar-refractivity contribution is 9.10. The lowest BCUT2D eigenvalue weighted by molar-refractivity contribution is 0.853. The summed E-state index contributed by atoms with van der Waals surface area (Å²) in [6.07, 6.45) is 2.68. The second-order valence-electron chi connectivity index (χ2n) is 4.67. The number of hydrogen-bond acceptors (Lipinski definition) is 3. The normalized spacial score (nSPS) is 10.5. The Morgan fingerprint density at radius 3 is 2.74 bits per heavy atom. The molecule has 0 unspecified atom stereocenters. The zero-order valence-corrected chi connectivity index (χ0v) is 12.8. The van der Waals surface area contributed by atoms with Gasteiger partial charge in [0.1, 0.15) is 5.82 Å². The van der Waals surface area contributed by atoms with Crippen LogP contribution < -0.4 is 10.6 Å². The van der Waals surface area contributed by atoms with E-state index in [2.05, 4.69) is 51.1 Å². The van der Waals surface area contributed by atoms with Crippen LogP contribution in [-0.4, -0.2) is 18.6 Å². The summed E-state index contributed by atoms with van der Waals surface area (Å²) in [5, 5.41) is 0. The Balaban J connectivity index is 2.05. The molecule has 1 heterocycles. The van der Waals surface area contributed by atoms with Crippen molar-refractivity contribution in [2.75, 3.05) is 24.2 Å². The van der Waals surface area contributed by atoms with Crippen LogP contribution in [0.25, 0.3) is 0 Å². The van der Waals surface area contributed by atoms with Gasteiger partial charge in [0.15, 0.2) is 0 Å². The van der Waals surface area contributed by atoms with Crippen LogP contribution in [0, 0.1) is 6.92 Å². The summed E-state index contributed by atoms with van der Waals surface area (Å²) in [4.78, 5) is 6.56. The van der Waals surface area contributed by atoms with E-state index in [9.17, 15) is 0 Å². The van der Waals surface area contributed by atoms with E-state index >= 15 is 0 Å². The lowest BCUT2D eigenvalue weighted by atomic mass is 10.1. The Labute approximate surface area is 122 Å². The largest absolute Gasteiger partial charge is 0.397 e. The van der Waals surface area contributed by atoms with E-state index in [0.717, 1.165) is 28.8 Å². The van der Waals surface area contributed by atoms with Gasteiger partial charge in [-0.2, -0.15) is 0 Å². The first kappa shape index (κ1) is 13.9. The number of nitrogen functional groups attached to an aromatic ring is 1. The van der Waals surface area contributed by atoms with Crippen molar-refractivity contribution in [2.24, 2.45) is 0 Å². The van der Waals surface area contributed by atoms with Crippen LogP contribution in [0.1, 0.15) is 11.1 Å². The number of halogens is 1. The fourth-order valence-electron chi connectivity index (χ4n) is 2.08. The Kier molecular flexibility index (Phi) is 4.43. The van der Waals surface area contributed by atoms with Gasteiger partial charge in [-0.3, -0.25) is 0 Å². The zero-order chi connectivity index (χ0) is 13.8. The number of benzene rings is 1. The molecule has 0 saturated heterocycles. The van der Waals surface area contributed by atoms with Crippen molar-refractivity contribution in [3.05, 3.63) is 52.1 Å². The van der Waals surface area contributed by atoms with Crippen LogP contribution in [0.3, 0.4) is 0 Å². The first-order chi connectivity index (χ1) is 9.08. The monoisotopic (exact) mass is 319 g/mol. The summed E-state index contributed by atoms with van der Waals surface area (Å²) in [5.41, 5.74) is 8.85. The minimum atomic E-state index is 0.709. The number of likely N-dealkylation sites (N-methyl/N-ethyl adjacent to an activating group) is 1. The number of aromatic nitrogens is 1. The topological polar surface area (TPSA) is 42.1 Å². The third kappa shape index (κ3) is 3.47. The molecule has 2 rings (SSSR count). The lowest BCUT2D eigenvalue weighted by Gasteiger charge is -2.20. The fourth-order valence-corrected chi connectivity index (χ4v) is 2.57. The molecule has 0 aliphatic rings. The fraction of sp³-hybridized carbons (Fsp3) is 0.267. The van der Waals surface area contributed by atoms with Crippen LogP contribution in [-0.2, 0) is 6.42 Å². The van der Waals surface area contributed by atoms with Gasteiger partial charge in [0, 0.05) is 18.1 Å². The minimum absolute atomic E-state index is 0.709. The number of anilines is 2. The standard InChI is InChI=1S/C15H18BrN3/c1-11-9-13(17)10-18-15(11)19(2)8-7-12-5-3-4-6-14(12)16/h3-6,9-10H,7-8,17H2,1-2H3. The number of hydrogen-bond donors (Lipinski definition) is 1. The maximum atomic E-state index is 5.73. The molecule has 0 spiro atoms. The Morgan fingerprint density at radius 1 is 1.32 bits per heavy atom. The molecule has 0 amide bonds. The second kappa shape index (κ2) is 6.06. The first-order valence-corrected chi connectivity index (χ1v) is 7.04. The van der Waals surface area contributed by atoms with Gasteiger partial charge >= 0.3 is 0 Å². The Bertz CT molecular complexity index is 569. The van der Waals surface area contributed by atoms with E-state index in [1.54, 1.807) is 6.20 Å². The molecule has 2 N–H and O–H groups in total. The van der Waals surface area contributed by atoms with E-state index in [1.165, 1.54) is 5.56 Å². The van der Waals surface area contributed by atoms with Crippen molar-refractivity contribution in [3.63, 3.8) is 0 Å². The Hall–Kier alpha value is -1.55. The molecule has 0 saturated carbocycles. The van der Waals surface area contributed by atoms with Gasteiger partial charge in [0.2, 0.25) is 0 Å². The molecule has 19 heavy (non-hydrogen) atoms. The van der Waals surface area contributed by atoms with Gasteiger partial charge < -0.3 is 10.6 Å². The second-order valence-corrected chi connectivity index (χ2v) is 5.53. The molecule has 0 bridgehead atoms. The predicted molar refractivity (Wildman–Crippen MR) is 84.5 cm³/mol. The quantitative estimate of drug-likeness (QED) is 0.939. The highest BCUT2D eigenvalue weighted by Gasteiger charge is 2.07. The van der Waals surface area contributed by atoms with Crippen LogP contribution >= 0.6 is 15.9 Å². The molecule has 3 nitrogen and oxygen atoms in total. The first-order valence-electron chi connectivity index (χ1n) is 6.24. The average molecular weight is 320 g/mol. The van der Waals surface area contributed by atoms with Gasteiger partial charge in [-0.25, -0.2) is 4.98 Å². The highest BCUT2D eigenvalue weighted by atomic mass is 79.9. The van der Waals surface area contributed by atoms with Crippen molar-refractivity contribution in [2.45, 2.75) is 13.3 Å². The minimum Gasteiger partial charge on any atom is -0.397 e. The third-order valence-corrected chi connectivity index (χ3v) is 3.88. The molecule has 0 fully saturated rings. The SMILES string of the molecule is Cc1cc(N)cnc1N(C)CCc1ccccc1Br. The average Bonchev–Trinajstić information content (AvgIpc) is 2.37. The number of nitrogens with zero attached hydrogens (tertiary/aromatic N) is 2. The van der Waals surface area contributed by atoms with E-state index < -0.39 is 0 Å². The van der Waals surface area contributed by atoms with Crippen LogP contribution in [0.4, 0.5) is 11.5 Å².